The van der Waals surface area contributed by atoms with Crippen LogP contribution in [0.25, 0.3) is 0 Å². The minimum absolute atomic E-state index is 0.704. The molecule has 3 nitrogen and oxygen atoms in total. The average molecular weight is 262 g/mol. The number of aromatic nitrogens is 1. The van der Waals surface area contributed by atoms with Crippen molar-refractivity contribution in [2.45, 2.75) is 37.4 Å². The number of benzene rings is 1. The maximum Gasteiger partial charge on any atom is 0.260 e. The summed E-state index contributed by atoms with van der Waals surface area (Å²) in [5.41, 5.74) is 3.48. The van der Waals surface area contributed by atoms with Crippen molar-refractivity contribution in [2.24, 2.45) is 0 Å². The van der Waals surface area contributed by atoms with E-state index >= 15 is 0 Å². The average Bonchev–Trinajstić information content (AvgIpc) is 2.75. The highest BCUT2D eigenvalue weighted by molar-refractivity contribution is 7.99. The lowest BCUT2D eigenvalue weighted by molar-refractivity contribution is 0.454. The Bertz CT molecular complexity index is 522. The van der Waals surface area contributed by atoms with Gasteiger partial charge in [-0.1, -0.05) is 19.1 Å². The maximum absolute atomic E-state index is 5.36. The fourth-order valence-electron chi connectivity index (χ4n) is 1.68. The molecule has 0 spiro atoms. The van der Waals surface area contributed by atoms with Crippen LogP contribution in [0.4, 0.5) is 0 Å². The number of oxazole rings is 1. The molecule has 0 saturated carbocycles. The van der Waals surface area contributed by atoms with Gasteiger partial charge in [0.25, 0.3) is 5.22 Å². The molecule has 0 radical (unpaired) electrons. The monoisotopic (exact) mass is 262 g/mol. The molecule has 18 heavy (non-hydrogen) atoms. The van der Waals surface area contributed by atoms with Crippen LogP contribution >= 0.6 is 11.8 Å². The van der Waals surface area contributed by atoms with E-state index in [0.29, 0.717) is 5.22 Å². The van der Waals surface area contributed by atoms with Crippen LogP contribution in [0.1, 0.15) is 23.7 Å². The largest absolute Gasteiger partial charge is 0.439 e. The number of aryl methyl sites for hydroxylation is 2. The Hall–Kier alpha value is -1.26. The first-order valence-electron chi connectivity index (χ1n) is 6.09. The van der Waals surface area contributed by atoms with Gasteiger partial charge in [0.05, 0.1) is 5.69 Å². The van der Waals surface area contributed by atoms with Crippen molar-refractivity contribution in [1.82, 2.24) is 10.3 Å². The fourth-order valence-corrected chi connectivity index (χ4v) is 2.51. The molecule has 0 atom stereocenters. The van der Waals surface area contributed by atoms with E-state index in [1.54, 1.807) is 18.0 Å². The van der Waals surface area contributed by atoms with Gasteiger partial charge in [-0.25, -0.2) is 4.98 Å². The van der Waals surface area contributed by atoms with E-state index in [1.165, 1.54) is 16.0 Å². The van der Waals surface area contributed by atoms with Crippen LogP contribution in [0.15, 0.2) is 39.0 Å². The Labute approximate surface area is 112 Å². The number of rotatable bonds is 5. The summed E-state index contributed by atoms with van der Waals surface area (Å²) >= 11 is 1.57. The van der Waals surface area contributed by atoms with Crippen LogP contribution in [0.3, 0.4) is 0 Å². The molecule has 0 bridgehead atoms. The fraction of sp³-hybridized carbons (Fsp3) is 0.357. The van der Waals surface area contributed by atoms with Gasteiger partial charge in [0.15, 0.2) is 0 Å². The second kappa shape index (κ2) is 6.07. The van der Waals surface area contributed by atoms with E-state index in [1.807, 2.05) is 6.92 Å². The van der Waals surface area contributed by atoms with Crippen LogP contribution in [0.2, 0.25) is 0 Å². The third-order valence-electron chi connectivity index (χ3n) is 2.61. The second-order valence-corrected chi connectivity index (χ2v) is 5.23. The topological polar surface area (TPSA) is 38.1 Å². The number of hydrogen-bond acceptors (Lipinski definition) is 4. The molecule has 0 unspecified atom stereocenters. The van der Waals surface area contributed by atoms with Gasteiger partial charge in [-0.15, -0.1) is 0 Å². The molecule has 2 rings (SSSR count). The third kappa shape index (κ3) is 3.37. The van der Waals surface area contributed by atoms with Crippen molar-refractivity contribution in [1.29, 1.82) is 0 Å². The summed E-state index contributed by atoms with van der Waals surface area (Å²) in [5.74, 6) is 0. The second-order valence-electron chi connectivity index (χ2n) is 4.24. The molecular formula is C14H18N2OS. The van der Waals surface area contributed by atoms with Gasteiger partial charge in [-0.3, -0.25) is 0 Å². The van der Waals surface area contributed by atoms with Gasteiger partial charge in [-0.2, -0.15) is 0 Å². The molecule has 0 aliphatic rings. The highest BCUT2D eigenvalue weighted by Crippen LogP contribution is 2.30. The van der Waals surface area contributed by atoms with E-state index in [4.69, 9.17) is 4.42 Å². The van der Waals surface area contributed by atoms with Gasteiger partial charge in [0.1, 0.15) is 6.26 Å². The standard InChI is InChI=1S/C14H18N2OS/c1-4-15-8-12-5-6-13(10(2)7-12)18-14-16-11(3)9-17-14/h5-7,9,15H,4,8H2,1-3H3. The summed E-state index contributed by atoms with van der Waals surface area (Å²) in [6.45, 7) is 8.07. The summed E-state index contributed by atoms with van der Waals surface area (Å²) < 4.78 is 5.36. The quantitative estimate of drug-likeness (QED) is 0.894. The molecule has 0 fully saturated rings. The number of hydrogen-bond donors (Lipinski definition) is 1. The summed E-state index contributed by atoms with van der Waals surface area (Å²) in [7, 11) is 0. The molecule has 1 heterocycles. The van der Waals surface area contributed by atoms with Gasteiger partial charge < -0.3 is 9.73 Å². The molecule has 1 aromatic carbocycles. The van der Waals surface area contributed by atoms with Crippen LogP contribution in [-0.2, 0) is 6.54 Å². The van der Waals surface area contributed by atoms with E-state index in [0.717, 1.165) is 18.8 Å². The smallest absolute Gasteiger partial charge is 0.260 e. The minimum atomic E-state index is 0.704. The summed E-state index contributed by atoms with van der Waals surface area (Å²) in [5, 5.41) is 4.03. The molecule has 4 heteroatoms. The lowest BCUT2D eigenvalue weighted by Crippen LogP contribution is -2.11. The maximum atomic E-state index is 5.36. The van der Waals surface area contributed by atoms with Gasteiger partial charge in [-0.05, 0) is 49.3 Å². The van der Waals surface area contributed by atoms with Crippen molar-refractivity contribution in [3.8, 4) is 0 Å². The Balaban J connectivity index is 2.09. The zero-order valence-electron chi connectivity index (χ0n) is 11.0. The van der Waals surface area contributed by atoms with Crippen LogP contribution in [0, 0.1) is 13.8 Å². The number of nitrogens with one attached hydrogen (secondary N) is 1. The summed E-state index contributed by atoms with van der Waals surface area (Å²) in [4.78, 5) is 5.49. The van der Waals surface area contributed by atoms with E-state index in [2.05, 4.69) is 42.3 Å². The first kappa shape index (κ1) is 13.2. The highest BCUT2D eigenvalue weighted by atomic mass is 32.2. The van der Waals surface area contributed by atoms with Gasteiger partial charge in [0.2, 0.25) is 0 Å². The minimum Gasteiger partial charge on any atom is -0.439 e. The SMILES string of the molecule is CCNCc1ccc(Sc2nc(C)co2)c(C)c1. The van der Waals surface area contributed by atoms with Crippen molar-refractivity contribution in [3.63, 3.8) is 0 Å². The van der Waals surface area contributed by atoms with Crippen molar-refractivity contribution in [3.05, 3.63) is 41.3 Å². The molecule has 96 valence electrons. The Morgan fingerprint density at radius 2 is 2.17 bits per heavy atom. The van der Waals surface area contributed by atoms with Crippen LogP contribution in [-0.4, -0.2) is 11.5 Å². The third-order valence-corrected chi connectivity index (χ3v) is 3.65. The van der Waals surface area contributed by atoms with E-state index in [9.17, 15) is 0 Å². The summed E-state index contributed by atoms with van der Waals surface area (Å²) in [6.07, 6.45) is 1.68. The highest BCUT2D eigenvalue weighted by Gasteiger charge is 2.06. The molecular weight excluding hydrogens is 244 g/mol. The Morgan fingerprint density at radius 1 is 1.33 bits per heavy atom. The first-order valence-corrected chi connectivity index (χ1v) is 6.91. The van der Waals surface area contributed by atoms with Crippen LogP contribution < -0.4 is 5.32 Å². The van der Waals surface area contributed by atoms with Crippen molar-refractivity contribution < 1.29 is 4.42 Å². The Kier molecular flexibility index (Phi) is 4.44. The molecule has 0 aliphatic carbocycles. The normalized spacial score (nSPS) is 10.8. The number of nitrogens with zero attached hydrogens (tertiary/aromatic N) is 1. The lowest BCUT2D eigenvalue weighted by atomic mass is 10.1. The lowest BCUT2D eigenvalue weighted by Gasteiger charge is -2.07. The zero-order chi connectivity index (χ0) is 13.0. The molecule has 0 aliphatic heterocycles. The van der Waals surface area contributed by atoms with Gasteiger partial charge in [0, 0.05) is 11.4 Å². The molecule has 0 amide bonds. The molecule has 2 aromatic rings. The van der Waals surface area contributed by atoms with Crippen molar-refractivity contribution in [2.75, 3.05) is 6.54 Å². The van der Waals surface area contributed by atoms with Crippen molar-refractivity contribution >= 4 is 11.8 Å². The predicted octanol–water partition coefficient (Wildman–Crippen LogP) is 3.55. The van der Waals surface area contributed by atoms with E-state index < -0.39 is 0 Å². The van der Waals surface area contributed by atoms with E-state index in [-0.39, 0.29) is 0 Å². The molecule has 1 aromatic heterocycles. The molecule has 1 N–H and O–H groups in total. The predicted molar refractivity (Wildman–Crippen MR) is 73.9 cm³/mol. The Morgan fingerprint density at radius 3 is 2.78 bits per heavy atom. The van der Waals surface area contributed by atoms with Crippen LogP contribution in [0.5, 0.6) is 0 Å². The van der Waals surface area contributed by atoms with Gasteiger partial charge >= 0.3 is 0 Å². The molecule has 0 saturated heterocycles. The zero-order valence-corrected chi connectivity index (χ0v) is 11.8. The summed E-state index contributed by atoms with van der Waals surface area (Å²) in [6, 6.07) is 6.49. The first-order chi connectivity index (χ1) is 8.69.